The van der Waals surface area contributed by atoms with Crippen LogP contribution in [0.2, 0.25) is 0 Å². The van der Waals surface area contributed by atoms with Gasteiger partial charge in [-0.05, 0) is 0 Å². The van der Waals surface area contributed by atoms with Crippen molar-refractivity contribution < 1.29 is 0 Å². The normalized spacial score (nSPS) is 11.4. The molecule has 0 unspecified atom stereocenters. The van der Waals surface area contributed by atoms with Gasteiger partial charge >= 0.3 is 191 Å². The molecular weight excluding hydrogens is 435 g/mol. The Labute approximate surface area is 190 Å². The second-order valence-corrected chi connectivity index (χ2v) is 15.3. The van der Waals surface area contributed by atoms with Gasteiger partial charge in [0.05, 0.1) is 0 Å². The van der Waals surface area contributed by atoms with E-state index in [2.05, 4.69) is 123 Å². The van der Waals surface area contributed by atoms with Crippen molar-refractivity contribution in [1.82, 2.24) is 0 Å². The van der Waals surface area contributed by atoms with E-state index in [9.17, 15) is 0 Å². The summed E-state index contributed by atoms with van der Waals surface area (Å²) in [5.74, 6) is 0. The molecule has 4 aromatic rings. The molecule has 0 fully saturated rings. The summed E-state index contributed by atoms with van der Waals surface area (Å²) in [6.07, 6.45) is 4.64. The van der Waals surface area contributed by atoms with Gasteiger partial charge in [0.15, 0.2) is 0 Å². The summed E-state index contributed by atoms with van der Waals surface area (Å²) in [5.41, 5.74) is 2.86. The fourth-order valence-electron chi connectivity index (χ4n) is 4.55. The van der Waals surface area contributed by atoms with Crippen molar-refractivity contribution in [2.45, 2.75) is 39.5 Å². The molecule has 0 amide bonds. The third-order valence-corrected chi connectivity index (χ3v) is 15.0. The van der Waals surface area contributed by atoms with Crippen LogP contribution in [0.4, 0.5) is 0 Å². The molecule has 0 spiro atoms. The summed E-state index contributed by atoms with van der Waals surface area (Å²) in [4.78, 5) is 0. The fraction of sp³-hybridized carbons (Fsp3) is 0.200. The summed E-state index contributed by atoms with van der Waals surface area (Å²) < 4.78 is 5.91. The summed E-state index contributed by atoms with van der Waals surface area (Å²) in [6.45, 7) is 4.50. The summed E-state index contributed by atoms with van der Waals surface area (Å²) in [6, 6.07) is 41.5. The summed E-state index contributed by atoms with van der Waals surface area (Å²) in [7, 11) is 0. The third-order valence-electron chi connectivity index (χ3n) is 6.01. The van der Waals surface area contributed by atoms with E-state index < -0.39 is 13.6 Å². The van der Waals surface area contributed by atoms with Crippen molar-refractivity contribution in [3.05, 3.63) is 120 Å². The first-order valence-corrected chi connectivity index (χ1v) is 15.2. The summed E-state index contributed by atoms with van der Waals surface area (Å²) in [5, 5.41) is 0. The molecule has 1 heteroatoms. The molecule has 4 rings (SSSR count). The topological polar surface area (TPSA) is 0 Å². The Morgan fingerprint density at radius 1 is 0.419 bits per heavy atom. The van der Waals surface area contributed by atoms with E-state index in [0.717, 1.165) is 12.8 Å². The monoisotopic (exact) mass is 467 g/mol. The molecule has 0 aliphatic heterocycles. The van der Waals surface area contributed by atoms with Gasteiger partial charge in [0.2, 0.25) is 0 Å². The first kappa shape index (κ1) is 21.7. The third kappa shape index (κ3) is 4.41. The van der Waals surface area contributed by atoms with Gasteiger partial charge in [0.25, 0.3) is 0 Å². The van der Waals surface area contributed by atoms with Gasteiger partial charge in [-0.3, -0.25) is 0 Å². The molecule has 0 aliphatic rings. The van der Waals surface area contributed by atoms with Crippen LogP contribution < -0.4 is 17.4 Å². The van der Waals surface area contributed by atoms with Crippen LogP contribution in [0.5, 0.6) is 0 Å². The van der Waals surface area contributed by atoms with Gasteiger partial charge in [0.1, 0.15) is 0 Å². The maximum absolute atomic E-state index is 2.88. The van der Waals surface area contributed by atoms with Crippen LogP contribution >= 0.6 is 0 Å². The molecule has 0 bridgehead atoms. The predicted octanol–water partition coefficient (Wildman–Crippen LogP) is 4.97. The zero-order chi connectivity index (χ0) is 21.5. The molecule has 0 aromatic heterocycles. The molecule has 0 heterocycles. The molecule has 0 saturated heterocycles. The molecule has 0 atom stereocenters. The van der Waals surface area contributed by atoms with Gasteiger partial charge in [-0.1, -0.05) is 0 Å². The minimum absolute atomic E-state index is 1.14. The molecule has 0 aliphatic carbocycles. The van der Waals surface area contributed by atoms with Crippen molar-refractivity contribution in [3.63, 3.8) is 0 Å². The van der Waals surface area contributed by atoms with E-state index in [-0.39, 0.29) is 0 Å². The Balaban J connectivity index is 1.99. The van der Waals surface area contributed by atoms with E-state index in [1.807, 2.05) is 0 Å². The van der Waals surface area contributed by atoms with Crippen molar-refractivity contribution in [2.24, 2.45) is 0 Å². The quantitative estimate of drug-likeness (QED) is 0.321. The van der Waals surface area contributed by atoms with Crippen LogP contribution in [0, 0.1) is 0 Å². The molecule has 0 nitrogen and oxygen atoms in total. The van der Waals surface area contributed by atoms with E-state index in [4.69, 9.17) is 0 Å². The van der Waals surface area contributed by atoms with Gasteiger partial charge in [-0.2, -0.15) is 0 Å². The van der Waals surface area contributed by atoms with Crippen LogP contribution in [0.25, 0.3) is 0 Å². The number of rotatable bonds is 8. The van der Waals surface area contributed by atoms with Crippen molar-refractivity contribution >= 4 is 31.0 Å². The van der Waals surface area contributed by atoms with Gasteiger partial charge in [-0.15, -0.1) is 0 Å². The first-order chi connectivity index (χ1) is 15.3. The fourth-order valence-corrected chi connectivity index (χ4v) is 13.4. The van der Waals surface area contributed by atoms with E-state index >= 15 is 0 Å². The Kier molecular flexibility index (Phi) is 7.10. The average Bonchev–Trinajstić information content (AvgIpc) is 2.83. The molecule has 31 heavy (non-hydrogen) atoms. The Hall–Kier alpha value is -2.56. The SMILES string of the molecule is CCCc1ccc([As+](c2ccccc2)(c2ccccc2)c2ccc(CCC)cc2)cc1. The molecule has 156 valence electrons. The zero-order valence-electron chi connectivity index (χ0n) is 18.7. The van der Waals surface area contributed by atoms with E-state index in [0.29, 0.717) is 0 Å². The Morgan fingerprint density at radius 2 is 0.742 bits per heavy atom. The Bertz CT molecular complexity index is 974. The number of hydrogen-bond acceptors (Lipinski definition) is 0. The standard InChI is InChI=1S/C30H32As/c1-3-11-25-17-21-29(22-18-25)31(27-13-7-5-8-14-27,28-15-9-6-10-16-28)30-23-19-26(12-4-2)20-24-30/h5-10,13-24H,3-4,11-12H2,1-2H3/q+1. The number of hydrogen-bond donors (Lipinski definition) is 0. The number of aryl methyl sites for hydroxylation is 2. The predicted molar refractivity (Wildman–Crippen MR) is 138 cm³/mol. The van der Waals surface area contributed by atoms with Crippen molar-refractivity contribution in [1.29, 1.82) is 0 Å². The van der Waals surface area contributed by atoms with Crippen LogP contribution in [0.15, 0.2) is 109 Å². The van der Waals surface area contributed by atoms with Crippen LogP contribution in [0.1, 0.15) is 37.8 Å². The van der Waals surface area contributed by atoms with E-state index in [1.165, 1.54) is 41.4 Å². The van der Waals surface area contributed by atoms with Gasteiger partial charge < -0.3 is 0 Å². The molecule has 4 aromatic carbocycles. The molecule has 0 N–H and O–H groups in total. The second-order valence-electron chi connectivity index (χ2n) is 8.17. The summed E-state index contributed by atoms with van der Waals surface area (Å²) >= 11 is -2.88. The average molecular weight is 468 g/mol. The molecular formula is C30H32As+. The Morgan fingerprint density at radius 3 is 1.06 bits per heavy atom. The maximum atomic E-state index is 2.41. The zero-order valence-corrected chi connectivity index (χ0v) is 20.5. The van der Waals surface area contributed by atoms with Crippen LogP contribution in [-0.4, -0.2) is 13.6 Å². The van der Waals surface area contributed by atoms with Crippen molar-refractivity contribution in [2.75, 3.05) is 0 Å². The first-order valence-electron chi connectivity index (χ1n) is 11.5. The second kappa shape index (κ2) is 10.2. The number of benzene rings is 4. The van der Waals surface area contributed by atoms with Gasteiger partial charge in [-0.25, -0.2) is 0 Å². The van der Waals surface area contributed by atoms with E-state index in [1.54, 1.807) is 0 Å². The van der Waals surface area contributed by atoms with Crippen LogP contribution in [-0.2, 0) is 12.8 Å². The minimum atomic E-state index is -2.88. The van der Waals surface area contributed by atoms with Crippen molar-refractivity contribution in [3.8, 4) is 0 Å². The molecule has 0 saturated carbocycles. The van der Waals surface area contributed by atoms with Crippen LogP contribution in [0.3, 0.4) is 0 Å². The molecule has 0 radical (unpaired) electrons. The van der Waals surface area contributed by atoms with Gasteiger partial charge in [0, 0.05) is 0 Å².